The van der Waals surface area contributed by atoms with E-state index >= 15 is 0 Å². The van der Waals surface area contributed by atoms with Crippen LogP contribution in [0.1, 0.15) is 29.0 Å². The smallest absolute Gasteiger partial charge is 0.238 e. The van der Waals surface area contributed by atoms with E-state index in [4.69, 9.17) is 21.4 Å². The number of benzene rings is 2. The van der Waals surface area contributed by atoms with E-state index in [2.05, 4.69) is 5.32 Å². The van der Waals surface area contributed by atoms with Crippen molar-refractivity contribution < 1.29 is 14.6 Å². The van der Waals surface area contributed by atoms with Crippen LogP contribution in [0.25, 0.3) is 5.69 Å². The molecular weight excluding hydrogens is 410 g/mol. The third-order valence-electron chi connectivity index (χ3n) is 4.90. The lowest BCUT2D eigenvalue weighted by atomic mass is 10.0. The van der Waals surface area contributed by atoms with Crippen LogP contribution in [0, 0.1) is 6.92 Å². The van der Waals surface area contributed by atoms with E-state index < -0.39 is 0 Å². The number of aromatic hydroxyl groups is 1. The van der Waals surface area contributed by atoms with Gasteiger partial charge in [-0.2, -0.15) is 5.10 Å². The lowest BCUT2D eigenvalue weighted by molar-refractivity contribution is -0.115. The van der Waals surface area contributed by atoms with Crippen LogP contribution in [0.5, 0.6) is 11.5 Å². The topological polar surface area (TPSA) is 76.4 Å². The van der Waals surface area contributed by atoms with Crippen molar-refractivity contribution in [3.05, 3.63) is 64.3 Å². The Morgan fingerprint density at radius 1 is 1.24 bits per heavy atom. The van der Waals surface area contributed by atoms with Gasteiger partial charge in [0.2, 0.25) is 5.91 Å². The van der Waals surface area contributed by atoms with Gasteiger partial charge >= 0.3 is 0 Å². The summed E-state index contributed by atoms with van der Waals surface area (Å²) in [6.45, 7) is 3.81. The first-order valence-corrected chi connectivity index (χ1v) is 10.4. The Kier molecular flexibility index (Phi) is 5.19. The molecular formula is C21H20ClN3O3S. The molecule has 2 heterocycles. The summed E-state index contributed by atoms with van der Waals surface area (Å²) >= 11 is 7.56. The van der Waals surface area contributed by atoms with Gasteiger partial charge in [0, 0.05) is 10.6 Å². The number of hydrogen-bond donors (Lipinski definition) is 2. The standard InChI is InChI=1S/C21H20ClN3O3S/c1-11-18-19(13-4-9-16(26)17(10-13)28-3)29-12(2)21(27)23-20(18)25(24-11)15-7-5-14(22)6-8-15/h4-10,12,19,26H,1-3H3,(H,23,27). The molecule has 150 valence electrons. The molecule has 8 heteroatoms. The van der Waals surface area contributed by atoms with Crippen molar-refractivity contribution in [3.63, 3.8) is 0 Å². The quantitative estimate of drug-likeness (QED) is 0.630. The predicted octanol–water partition coefficient (Wildman–Crippen LogP) is 4.71. The number of ether oxygens (including phenoxy) is 1. The van der Waals surface area contributed by atoms with Crippen molar-refractivity contribution in [3.8, 4) is 17.2 Å². The Hall–Kier alpha value is -2.64. The summed E-state index contributed by atoms with van der Waals surface area (Å²) in [7, 11) is 1.52. The van der Waals surface area contributed by atoms with Crippen molar-refractivity contribution in [1.82, 2.24) is 9.78 Å². The SMILES string of the molecule is COc1cc(C2SC(C)C(=O)Nc3c2c(C)nn3-c2ccc(Cl)cc2)ccc1O. The second-order valence-corrected chi connectivity index (χ2v) is 8.70. The normalized spacial score (nSPS) is 18.7. The molecule has 0 spiro atoms. The van der Waals surface area contributed by atoms with Crippen LogP contribution in [0.4, 0.5) is 5.82 Å². The highest BCUT2D eigenvalue weighted by atomic mass is 35.5. The number of hydrogen-bond acceptors (Lipinski definition) is 5. The van der Waals surface area contributed by atoms with E-state index in [1.807, 2.05) is 32.0 Å². The van der Waals surface area contributed by atoms with Crippen molar-refractivity contribution in [2.45, 2.75) is 24.3 Å². The number of nitrogens with zero attached hydrogens (tertiary/aromatic N) is 2. The Bertz CT molecular complexity index is 1080. The number of carbonyl (C=O) groups is 1. The van der Waals surface area contributed by atoms with Crippen molar-refractivity contribution in [2.24, 2.45) is 0 Å². The van der Waals surface area contributed by atoms with Gasteiger partial charge in [-0.1, -0.05) is 17.7 Å². The number of halogens is 1. The third-order valence-corrected chi connectivity index (χ3v) is 6.55. The van der Waals surface area contributed by atoms with Gasteiger partial charge in [0.15, 0.2) is 11.5 Å². The van der Waals surface area contributed by atoms with Gasteiger partial charge in [-0.15, -0.1) is 11.8 Å². The summed E-state index contributed by atoms with van der Waals surface area (Å²) in [6.07, 6.45) is 0. The average Bonchev–Trinajstić information content (AvgIpc) is 2.95. The number of rotatable bonds is 3. The number of phenolic OH excluding ortho intramolecular Hbond substituents is 1. The highest BCUT2D eigenvalue weighted by Crippen LogP contribution is 2.47. The van der Waals surface area contributed by atoms with E-state index in [1.54, 1.807) is 28.9 Å². The van der Waals surface area contributed by atoms with Crippen molar-refractivity contribution in [1.29, 1.82) is 0 Å². The molecule has 29 heavy (non-hydrogen) atoms. The monoisotopic (exact) mass is 429 g/mol. The number of aryl methyl sites for hydroxylation is 1. The third kappa shape index (κ3) is 3.56. The number of phenols is 1. The van der Waals surface area contributed by atoms with E-state index in [0.717, 1.165) is 22.5 Å². The van der Waals surface area contributed by atoms with Crippen LogP contribution in [-0.2, 0) is 4.79 Å². The van der Waals surface area contributed by atoms with Gasteiger partial charge in [-0.05, 0) is 55.8 Å². The maximum atomic E-state index is 12.7. The predicted molar refractivity (Wildman–Crippen MR) is 115 cm³/mol. The first kappa shape index (κ1) is 19.7. The Morgan fingerprint density at radius 3 is 2.66 bits per heavy atom. The Balaban J connectivity index is 1.90. The number of thioether (sulfide) groups is 1. The van der Waals surface area contributed by atoms with Crippen LogP contribution in [0.3, 0.4) is 0 Å². The Morgan fingerprint density at radius 2 is 1.97 bits per heavy atom. The minimum absolute atomic E-state index is 0.0749. The van der Waals surface area contributed by atoms with Gasteiger partial charge in [0.1, 0.15) is 5.82 Å². The molecule has 0 saturated carbocycles. The number of fused-ring (bicyclic) bond motifs is 1. The summed E-state index contributed by atoms with van der Waals surface area (Å²) in [5, 5.41) is 17.9. The molecule has 2 atom stereocenters. The summed E-state index contributed by atoms with van der Waals surface area (Å²) in [5.74, 6) is 1.03. The molecule has 1 aliphatic rings. The van der Waals surface area contributed by atoms with Crippen LogP contribution in [-0.4, -0.2) is 33.2 Å². The Labute approximate surface area is 177 Å². The van der Waals surface area contributed by atoms with Gasteiger partial charge < -0.3 is 15.2 Å². The molecule has 0 saturated heterocycles. The van der Waals surface area contributed by atoms with E-state index in [1.165, 1.54) is 18.9 Å². The fourth-order valence-corrected chi connectivity index (χ4v) is 4.84. The molecule has 1 amide bonds. The summed E-state index contributed by atoms with van der Waals surface area (Å²) in [5.41, 5.74) is 3.47. The molecule has 1 aromatic heterocycles. The van der Waals surface area contributed by atoms with Crippen LogP contribution >= 0.6 is 23.4 Å². The maximum Gasteiger partial charge on any atom is 0.238 e. The fourth-order valence-electron chi connectivity index (χ4n) is 3.40. The van der Waals surface area contributed by atoms with Crippen LogP contribution < -0.4 is 10.1 Å². The largest absolute Gasteiger partial charge is 0.504 e. The average molecular weight is 430 g/mol. The minimum atomic E-state index is -0.273. The molecule has 0 bridgehead atoms. The molecule has 6 nitrogen and oxygen atoms in total. The zero-order chi connectivity index (χ0) is 20.7. The summed E-state index contributed by atoms with van der Waals surface area (Å²) in [6, 6.07) is 12.6. The maximum absolute atomic E-state index is 12.7. The molecule has 0 aliphatic carbocycles. The van der Waals surface area contributed by atoms with Gasteiger partial charge in [0.05, 0.1) is 29.0 Å². The number of nitrogens with one attached hydrogen (secondary N) is 1. The highest BCUT2D eigenvalue weighted by Gasteiger charge is 2.34. The zero-order valence-corrected chi connectivity index (χ0v) is 17.7. The molecule has 2 aromatic carbocycles. The fraction of sp³-hybridized carbons (Fsp3) is 0.238. The lowest BCUT2D eigenvalue weighted by Gasteiger charge is -2.18. The second-order valence-electron chi connectivity index (χ2n) is 6.81. The molecule has 1 aliphatic heterocycles. The van der Waals surface area contributed by atoms with E-state index in [-0.39, 0.29) is 22.2 Å². The zero-order valence-electron chi connectivity index (χ0n) is 16.1. The lowest BCUT2D eigenvalue weighted by Crippen LogP contribution is -2.22. The van der Waals surface area contributed by atoms with Crippen molar-refractivity contribution in [2.75, 3.05) is 12.4 Å². The number of amides is 1. The molecule has 2 N–H and O–H groups in total. The molecule has 2 unspecified atom stereocenters. The molecule has 0 radical (unpaired) electrons. The summed E-state index contributed by atoms with van der Waals surface area (Å²) < 4.78 is 7.02. The summed E-state index contributed by atoms with van der Waals surface area (Å²) in [4.78, 5) is 12.7. The number of carbonyl (C=O) groups excluding carboxylic acids is 1. The van der Waals surface area contributed by atoms with Crippen molar-refractivity contribution >= 4 is 35.1 Å². The molecule has 4 rings (SSSR count). The minimum Gasteiger partial charge on any atom is -0.504 e. The van der Waals surface area contributed by atoms with Gasteiger partial charge in [0.25, 0.3) is 0 Å². The first-order chi connectivity index (χ1) is 13.9. The number of aromatic nitrogens is 2. The van der Waals surface area contributed by atoms with Gasteiger partial charge in [-0.3, -0.25) is 4.79 Å². The van der Waals surface area contributed by atoms with E-state index in [0.29, 0.717) is 16.6 Å². The van der Waals surface area contributed by atoms with Crippen LogP contribution in [0.2, 0.25) is 5.02 Å². The molecule has 3 aromatic rings. The highest BCUT2D eigenvalue weighted by molar-refractivity contribution is 8.01. The number of methoxy groups -OCH3 is 1. The van der Waals surface area contributed by atoms with Crippen LogP contribution in [0.15, 0.2) is 42.5 Å². The van der Waals surface area contributed by atoms with E-state index in [9.17, 15) is 9.90 Å². The number of anilines is 1. The first-order valence-electron chi connectivity index (χ1n) is 9.07. The molecule has 0 fully saturated rings. The van der Waals surface area contributed by atoms with Gasteiger partial charge in [-0.25, -0.2) is 4.68 Å². The second kappa shape index (κ2) is 7.65.